The zero-order chi connectivity index (χ0) is 38.4. The van der Waals surface area contributed by atoms with Crippen LogP contribution in [0, 0.1) is 0 Å². The Hall–Kier alpha value is -7.82. The lowest BCUT2D eigenvalue weighted by Crippen LogP contribution is -2.00. The first-order valence-corrected chi connectivity index (χ1v) is 19.5. The number of rotatable bonds is 6. The van der Waals surface area contributed by atoms with Gasteiger partial charge in [0.1, 0.15) is 0 Å². The first kappa shape index (κ1) is 33.5. The third-order valence-electron chi connectivity index (χ3n) is 11.2. The summed E-state index contributed by atoms with van der Waals surface area (Å²) in [6.45, 7) is 0. The first-order valence-electron chi connectivity index (χ1n) is 19.5. The van der Waals surface area contributed by atoms with E-state index in [0.29, 0.717) is 17.5 Å². The minimum atomic E-state index is 0.601. The predicted molar refractivity (Wildman–Crippen MR) is 240 cm³/mol. The van der Waals surface area contributed by atoms with Gasteiger partial charge in [-0.05, 0) is 101 Å². The van der Waals surface area contributed by atoms with Crippen molar-refractivity contribution in [2.45, 2.75) is 0 Å². The van der Waals surface area contributed by atoms with E-state index in [1.54, 1.807) is 0 Å². The largest absolute Gasteiger partial charge is 0.264 e. The third-order valence-corrected chi connectivity index (χ3v) is 11.2. The summed E-state index contributed by atoms with van der Waals surface area (Å²) in [5, 5.41) is 9.90. The number of aromatic nitrogens is 4. The van der Waals surface area contributed by atoms with Gasteiger partial charge in [0.05, 0.1) is 0 Å². The van der Waals surface area contributed by atoms with Gasteiger partial charge in [-0.1, -0.05) is 164 Å². The fourth-order valence-electron chi connectivity index (χ4n) is 8.41. The van der Waals surface area contributed by atoms with Gasteiger partial charge in [0.2, 0.25) is 0 Å². The summed E-state index contributed by atoms with van der Waals surface area (Å²) in [6.07, 6.45) is 3.73. The van der Waals surface area contributed by atoms with Crippen molar-refractivity contribution in [3.05, 3.63) is 207 Å². The van der Waals surface area contributed by atoms with E-state index in [4.69, 9.17) is 15.0 Å². The molecule has 9 aromatic carbocycles. The zero-order valence-corrected chi connectivity index (χ0v) is 31.4. The highest BCUT2D eigenvalue weighted by Crippen LogP contribution is 2.44. The molecular formula is C54H34N4. The van der Waals surface area contributed by atoms with Crippen LogP contribution in [0.25, 0.3) is 111 Å². The molecule has 0 saturated heterocycles. The van der Waals surface area contributed by atoms with Crippen molar-refractivity contribution in [1.82, 2.24) is 19.9 Å². The van der Waals surface area contributed by atoms with Gasteiger partial charge in [0.25, 0.3) is 0 Å². The van der Waals surface area contributed by atoms with E-state index in [-0.39, 0.29) is 0 Å². The average molecular weight is 739 g/mol. The van der Waals surface area contributed by atoms with Crippen molar-refractivity contribution in [3.8, 4) is 67.5 Å². The summed E-state index contributed by atoms with van der Waals surface area (Å²) in [5.74, 6) is 1.84. The highest BCUT2D eigenvalue weighted by atomic mass is 15.0. The second kappa shape index (κ2) is 14.0. The van der Waals surface area contributed by atoms with Gasteiger partial charge >= 0.3 is 0 Å². The van der Waals surface area contributed by atoms with Crippen LogP contribution in [0.2, 0.25) is 0 Å². The molecule has 0 atom stereocenters. The minimum absolute atomic E-state index is 0.601. The Morgan fingerprint density at radius 1 is 0.259 bits per heavy atom. The van der Waals surface area contributed by atoms with Gasteiger partial charge in [-0.2, -0.15) is 0 Å². The monoisotopic (exact) mass is 738 g/mol. The number of fused-ring (bicyclic) bond motifs is 8. The molecule has 0 unspecified atom stereocenters. The molecule has 58 heavy (non-hydrogen) atoms. The lowest BCUT2D eigenvalue weighted by Gasteiger charge is -2.17. The van der Waals surface area contributed by atoms with Gasteiger partial charge in [-0.3, -0.25) is 4.98 Å². The summed E-state index contributed by atoms with van der Waals surface area (Å²) in [5.41, 5.74) is 9.30. The summed E-state index contributed by atoms with van der Waals surface area (Å²) < 4.78 is 0. The van der Waals surface area contributed by atoms with Crippen LogP contribution in [0.5, 0.6) is 0 Å². The van der Waals surface area contributed by atoms with E-state index < -0.39 is 0 Å². The molecule has 0 spiro atoms. The van der Waals surface area contributed by atoms with Gasteiger partial charge in [-0.15, -0.1) is 0 Å². The molecule has 0 radical (unpaired) electrons. The van der Waals surface area contributed by atoms with E-state index in [0.717, 1.165) is 50.1 Å². The van der Waals surface area contributed by atoms with Crippen molar-refractivity contribution < 1.29 is 0 Å². The van der Waals surface area contributed by atoms with Gasteiger partial charge in [0, 0.05) is 34.6 Å². The lowest BCUT2D eigenvalue weighted by atomic mass is 9.86. The molecule has 0 aliphatic rings. The normalized spacial score (nSPS) is 11.4. The van der Waals surface area contributed by atoms with E-state index in [9.17, 15) is 0 Å². The molecule has 0 aliphatic heterocycles. The number of hydrogen-bond donors (Lipinski definition) is 0. The molecule has 0 aliphatic carbocycles. The second-order valence-electron chi connectivity index (χ2n) is 14.6. The lowest BCUT2D eigenvalue weighted by molar-refractivity contribution is 1.07. The topological polar surface area (TPSA) is 51.6 Å². The van der Waals surface area contributed by atoms with Crippen LogP contribution in [0.1, 0.15) is 0 Å². The van der Waals surface area contributed by atoms with Crippen molar-refractivity contribution in [2.24, 2.45) is 0 Å². The summed E-state index contributed by atoms with van der Waals surface area (Å²) in [7, 11) is 0. The van der Waals surface area contributed by atoms with E-state index in [2.05, 4.69) is 157 Å². The average Bonchev–Trinajstić information content (AvgIpc) is 3.32. The highest BCUT2D eigenvalue weighted by molar-refractivity contribution is 6.33. The van der Waals surface area contributed by atoms with E-state index in [1.165, 1.54) is 43.1 Å². The quantitative estimate of drug-likeness (QED) is 0.159. The van der Waals surface area contributed by atoms with Crippen molar-refractivity contribution in [3.63, 3.8) is 0 Å². The van der Waals surface area contributed by atoms with Gasteiger partial charge in [-0.25, -0.2) is 15.0 Å². The molecule has 0 fully saturated rings. The molecule has 270 valence electrons. The van der Waals surface area contributed by atoms with Crippen molar-refractivity contribution in [1.29, 1.82) is 0 Å². The van der Waals surface area contributed by atoms with Crippen LogP contribution in [-0.2, 0) is 0 Å². The smallest absolute Gasteiger partial charge is 0.164 e. The summed E-state index contributed by atoms with van der Waals surface area (Å²) >= 11 is 0. The molecule has 2 heterocycles. The van der Waals surface area contributed by atoms with Crippen LogP contribution in [-0.4, -0.2) is 19.9 Å². The Balaban J connectivity index is 1.17. The van der Waals surface area contributed by atoms with Gasteiger partial charge in [0.15, 0.2) is 17.5 Å². The number of hydrogen-bond acceptors (Lipinski definition) is 4. The van der Waals surface area contributed by atoms with Crippen LogP contribution >= 0.6 is 0 Å². The standard InChI is InChI=1S/C54H34N4/c1-3-14-35(15-4-1)36-25-27-38(28-26-36)53-56-52(37-16-5-2-6-17-37)57-54(58-53)42-31-40(39-18-13-29-55-34-39)30-41(32-42)49-33-50-45-21-8-7-19-43(45)44-20-9-11-23-47(44)51(50)48-24-12-10-22-46(48)49/h1-34H. The minimum Gasteiger partial charge on any atom is -0.264 e. The molecule has 0 N–H and O–H groups in total. The SMILES string of the molecule is c1ccc(-c2ccc(-c3nc(-c4ccccc4)nc(-c4cc(-c5cccnc5)cc(-c5cc6c7ccccc7c7ccccc7c6c6ccccc56)c4)n3)cc2)cc1. The summed E-state index contributed by atoms with van der Waals surface area (Å²) in [6, 6.07) is 68.6. The Labute approximate surface area is 335 Å². The molecule has 4 nitrogen and oxygen atoms in total. The highest BCUT2D eigenvalue weighted by Gasteiger charge is 2.19. The molecule has 0 bridgehead atoms. The third kappa shape index (κ3) is 5.87. The number of benzene rings is 9. The first-order chi connectivity index (χ1) is 28.7. The zero-order valence-electron chi connectivity index (χ0n) is 31.4. The Morgan fingerprint density at radius 3 is 1.33 bits per heavy atom. The van der Waals surface area contributed by atoms with Crippen LogP contribution in [0.15, 0.2) is 207 Å². The van der Waals surface area contributed by atoms with Crippen molar-refractivity contribution >= 4 is 43.1 Å². The molecule has 2 aromatic heterocycles. The maximum Gasteiger partial charge on any atom is 0.164 e. The second-order valence-corrected chi connectivity index (χ2v) is 14.6. The Bertz CT molecular complexity index is 3310. The molecular weight excluding hydrogens is 705 g/mol. The van der Waals surface area contributed by atoms with Crippen LogP contribution in [0.4, 0.5) is 0 Å². The van der Waals surface area contributed by atoms with E-state index in [1.807, 2.05) is 54.9 Å². The fourth-order valence-corrected chi connectivity index (χ4v) is 8.41. The summed E-state index contributed by atoms with van der Waals surface area (Å²) in [4.78, 5) is 20.0. The Morgan fingerprint density at radius 2 is 0.690 bits per heavy atom. The number of pyridine rings is 1. The molecule has 11 rings (SSSR count). The maximum atomic E-state index is 5.22. The molecule has 4 heteroatoms. The maximum absolute atomic E-state index is 5.22. The molecule has 0 amide bonds. The molecule has 0 saturated carbocycles. The van der Waals surface area contributed by atoms with Crippen molar-refractivity contribution in [2.75, 3.05) is 0 Å². The number of nitrogens with zero attached hydrogens (tertiary/aromatic N) is 4. The Kier molecular flexibility index (Phi) is 8.11. The van der Waals surface area contributed by atoms with Gasteiger partial charge < -0.3 is 0 Å². The van der Waals surface area contributed by atoms with Crippen LogP contribution < -0.4 is 0 Å². The van der Waals surface area contributed by atoms with Crippen LogP contribution in [0.3, 0.4) is 0 Å². The van der Waals surface area contributed by atoms with E-state index >= 15 is 0 Å². The fraction of sp³-hybridized carbons (Fsp3) is 0. The molecule has 11 aromatic rings. The predicted octanol–water partition coefficient (Wildman–Crippen LogP) is 13.9.